The Hall–Kier alpha value is -3.01. The van der Waals surface area contributed by atoms with Crippen LogP contribution in [0.5, 0.6) is 0 Å². The van der Waals surface area contributed by atoms with Gasteiger partial charge >= 0.3 is 6.03 Å². The summed E-state index contributed by atoms with van der Waals surface area (Å²) < 4.78 is 27.2. The number of aromatic amines is 1. The molecule has 186 valence electrons. The number of H-pyrrole nitrogens is 1. The lowest BCUT2D eigenvalue weighted by atomic mass is 10.0. The van der Waals surface area contributed by atoms with Crippen LogP contribution in [0.3, 0.4) is 0 Å². The molecule has 34 heavy (non-hydrogen) atoms. The normalized spacial score (nSPS) is 19.5. The molecule has 1 aromatic carbocycles. The van der Waals surface area contributed by atoms with Crippen molar-refractivity contribution in [1.29, 1.82) is 0 Å². The zero-order valence-electron chi connectivity index (χ0n) is 19.4. The minimum absolute atomic E-state index is 0. The van der Waals surface area contributed by atoms with Crippen LogP contribution in [-0.4, -0.2) is 69.1 Å². The molecule has 3 amide bonds. The number of anilines is 1. The van der Waals surface area contributed by atoms with E-state index in [0.717, 1.165) is 43.9 Å². The highest BCUT2D eigenvalue weighted by Crippen LogP contribution is 2.41. The third-order valence-corrected chi connectivity index (χ3v) is 6.61. The van der Waals surface area contributed by atoms with Gasteiger partial charge in [-0.3, -0.25) is 14.8 Å². The molecular weight excluding hydrogens is 442 g/mol. The Morgan fingerprint density at radius 2 is 2.00 bits per heavy atom. The van der Waals surface area contributed by atoms with Gasteiger partial charge in [0.25, 0.3) is 5.91 Å². The van der Waals surface area contributed by atoms with Crippen LogP contribution in [0, 0.1) is 11.6 Å². The monoisotopic (exact) mass is 476 g/mol. The molecule has 0 spiro atoms. The van der Waals surface area contributed by atoms with Crippen molar-refractivity contribution in [2.45, 2.75) is 59.7 Å². The summed E-state index contributed by atoms with van der Waals surface area (Å²) in [6.45, 7) is 11.7. The Labute approximate surface area is 199 Å². The first-order chi connectivity index (χ1) is 15.6. The Morgan fingerprint density at radius 1 is 1.26 bits per heavy atom. The minimum atomic E-state index is -0.951. The van der Waals surface area contributed by atoms with E-state index in [1.165, 1.54) is 0 Å². The van der Waals surface area contributed by atoms with Crippen molar-refractivity contribution in [1.82, 2.24) is 24.9 Å². The maximum absolute atomic E-state index is 14.0. The number of nitrogens with one attached hydrogen (secondary N) is 2. The minimum Gasteiger partial charge on any atom is -0.319 e. The summed E-state index contributed by atoms with van der Waals surface area (Å²) in [6.07, 6.45) is 1.08. The molecular formula is C24H34F2N6O2. The maximum atomic E-state index is 14.0. The van der Waals surface area contributed by atoms with Gasteiger partial charge in [0.1, 0.15) is 11.6 Å². The van der Waals surface area contributed by atoms with E-state index in [2.05, 4.69) is 34.3 Å². The predicted molar refractivity (Wildman–Crippen MR) is 126 cm³/mol. The number of urea groups is 1. The van der Waals surface area contributed by atoms with Gasteiger partial charge in [0, 0.05) is 37.3 Å². The van der Waals surface area contributed by atoms with Crippen molar-refractivity contribution in [3.63, 3.8) is 0 Å². The van der Waals surface area contributed by atoms with Crippen molar-refractivity contribution in [2.75, 3.05) is 31.5 Å². The number of halogens is 2. The smallest absolute Gasteiger partial charge is 0.319 e. The van der Waals surface area contributed by atoms with Crippen LogP contribution >= 0.6 is 0 Å². The standard InChI is InChI=1S/C23H30F2N6O2.CH4/c1-5-8-29-9-10-30(14(2)12-29)22(33)31-13-17-19(23(31,3)4)27-28-20(17)26-21(32)16-7-6-15(24)11-18(16)25;/h6-7,11,14H,5,8-10,12-13H2,1-4H3,(H2,26,27,28,32);1H4/t14-;/m0./s1. The second kappa shape index (κ2) is 9.69. The van der Waals surface area contributed by atoms with Crippen LogP contribution in [-0.2, 0) is 12.1 Å². The van der Waals surface area contributed by atoms with Crippen molar-refractivity contribution in [3.8, 4) is 0 Å². The summed E-state index contributed by atoms with van der Waals surface area (Å²) in [4.78, 5) is 32.1. The molecule has 1 aromatic heterocycles. The molecule has 1 atom stereocenters. The number of piperazine rings is 1. The van der Waals surface area contributed by atoms with Crippen LogP contribution in [0.1, 0.15) is 63.2 Å². The number of amides is 3. The summed E-state index contributed by atoms with van der Waals surface area (Å²) in [5, 5.41) is 9.73. The number of fused-ring (bicyclic) bond motifs is 1. The van der Waals surface area contributed by atoms with Gasteiger partial charge in [-0.1, -0.05) is 14.4 Å². The molecule has 8 nitrogen and oxygen atoms in total. The molecule has 0 radical (unpaired) electrons. The topological polar surface area (TPSA) is 84.6 Å². The summed E-state index contributed by atoms with van der Waals surface area (Å²) in [6, 6.07) is 2.81. The first-order valence-corrected chi connectivity index (χ1v) is 11.3. The van der Waals surface area contributed by atoms with Gasteiger partial charge in [0.15, 0.2) is 5.82 Å². The van der Waals surface area contributed by atoms with Crippen LogP contribution in [0.2, 0.25) is 0 Å². The van der Waals surface area contributed by atoms with Crippen LogP contribution in [0.25, 0.3) is 0 Å². The van der Waals surface area contributed by atoms with E-state index in [1.807, 2.05) is 18.7 Å². The number of rotatable bonds is 4. The van der Waals surface area contributed by atoms with E-state index in [4.69, 9.17) is 0 Å². The summed E-state index contributed by atoms with van der Waals surface area (Å²) in [5.41, 5.74) is 0.464. The molecule has 2 aliphatic heterocycles. The van der Waals surface area contributed by atoms with Gasteiger partial charge in [-0.15, -0.1) is 0 Å². The number of hydrogen-bond acceptors (Lipinski definition) is 4. The Bertz CT molecular complexity index is 1070. The van der Waals surface area contributed by atoms with Gasteiger partial charge < -0.3 is 15.1 Å². The van der Waals surface area contributed by atoms with Crippen molar-refractivity contribution in [3.05, 3.63) is 46.7 Å². The summed E-state index contributed by atoms with van der Waals surface area (Å²) in [5.74, 6) is -2.20. The quantitative estimate of drug-likeness (QED) is 0.694. The second-order valence-corrected chi connectivity index (χ2v) is 9.27. The van der Waals surface area contributed by atoms with Crippen LogP contribution in [0.15, 0.2) is 18.2 Å². The third-order valence-electron chi connectivity index (χ3n) is 6.61. The third kappa shape index (κ3) is 4.51. The maximum Gasteiger partial charge on any atom is 0.321 e. The molecule has 0 bridgehead atoms. The van der Waals surface area contributed by atoms with E-state index in [0.29, 0.717) is 18.2 Å². The Balaban J connectivity index is 0.00000324. The van der Waals surface area contributed by atoms with E-state index in [9.17, 15) is 18.4 Å². The lowest BCUT2D eigenvalue weighted by molar-refractivity contribution is 0.0591. The molecule has 2 aromatic rings. The fourth-order valence-electron chi connectivity index (χ4n) is 4.77. The lowest BCUT2D eigenvalue weighted by Crippen LogP contribution is -2.58. The molecule has 1 saturated heterocycles. The zero-order valence-corrected chi connectivity index (χ0v) is 19.4. The molecule has 10 heteroatoms. The van der Waals surface area contributed by atoms with Crippen molar-refractivity contribution >= 4 is 17.8 Å². The van der Waals surface area contributed by atoms with Gasteiger partial charge in [-0.25, -0.2) is 13.6 Å². The molecule has 2 aliphatic rings. The van der Waals surface area contributed by atoms with E-state index in [1.54, 1.807) is 4.90 Å². The van der Waals surface area contributed by atoms with Gasteiger partial charge in [-0.2, -0.15) is 5.10 Å². The molecule has 0 saturated carbocycles. The Kier molecular flexibility index (Phi) is 7.30. The first kappa shape index (κ1) is 25.6. The summed E-state index contributed by atoms with van der Waals surface area (Å²) in [7, 11) is 0. The number of hydrogen-bond donors (Lipinski definition) is 2. The van der Waals surface area contributed by atoms with Crippen LogP contribution < -0.4 is 5.32 Å². The zero-order chi connectivity index (χ0) is 23.9. The average molecular weight is 477 g/mol. The van der Waals surface area contributed by atoms with Crippen molar-refractivity contribution in [2.24, 2.45) is 0 Å². The predicted octanol–water partition coefficient (Wildman–Crippen LogP) is 4.16. The van der Waals surface area contributed by atoms with Gasteiger partial charge in [0.05, 0.1) is 23.3 Å². The molecule has 2 N–H and O–H groups in total. The SMILES string of the molecule is C.CCCN1CCN(C(=O)N2Cc3c(NC(=O)c4ccc(F)cc4F)n[nH]c3C2(C)C)[C@@H](C)C1. The lowest BCUT2D eigenvalue weighted by Gasteiger charge is -2.43. The average Bonchev–Trinajstić information content (AvgIpc) is 3.26. The van der Waals surface area contributed by atoms with Crippen LogP contribution in [0.4, 0.5) is 19.4 Å². The fourth-order valence-corrected chi connectivity index (χ4v) is 4.77. The number of benzene rings is 1. The number of carbonyl (C=O) groups is 2. The number of aromatic nitrogens is 2. The van der Waals surface area contributed by atoms with Gasteiger partial charge in [0.2, 0.25) is 0 Å². The molecule has 0 unspecified atom stereocenters. The van der Waals surface area contributed by atoms with E-state index >= 15 is 0 Å². The highest BCUT2D eigenvalue weighted by molar-refractivity contribution is 6.04. The fraction of sp³-hybridized carbons (Fsp3) is 0.542. The number of carbonyl (C=O) groups excluding carboxylic acids is 2. The van der Waals surface area contributed by atoms with Crippen molar-refractivity contribution < 1.29 is 18.4 Å². The number of nitrogens with zero attached hydrogens (tertiary/aromatic N) is 4. The highest BCUT2D eigenvalue weighted by atomic mass is 19.1. The Morgan fingerprint density at radius 3 is 2.65 bits per heavy atom. The summed E-state index contributed by atoms with van der Waals surface area (Å²) >= 11 is 0. The van der Waals surface area contributed by atoms with E-state index in [-0.39, 0.29) is 37.4 Å². The molecule has 3 heterocycles. The second-order valence-electron chi connectivity index (χ2n) is 9.27. The van der Waals surface area contributed by atoms with Gasteiger partial charge in [-0.05, 0) is 45.9 Å². The highest BCUT2D eigenvalue weighted by Gasteiger charge is 2.46. The molecule has 1 fully saturated rings. The largest absolute Gasteiger partial charge is 0.321 e. The van der Waals surface area contributed by atoms with E-state index < -0.39 is 23.1 Å². The molecule has 4 rings (SSSR count). The molecule has 0 aliphatic carbocycles. The first-order valence-electron chi connectivity index (χ1n) is 11.3.